The van der Waals surface area contributed by atoms with Crippen LogP contribution in [0.5, 0.6) is 0 Å². The molecule has 6 nitrogen and oxygen atoms in total. The number of anilines is 1. The van der Waals surface area contributed by atoms with Gasteiger partial charge in [-0.3, -0.25) is 13.7 Å². The Bertz CT molecular complexity index is 1430. The smallest absolute Gasteiger partial charge is 0.262 e. The lowest BCUT2D eigenvalue weighted by atomic mass is 9.86. The largest absolute Gasteiger partial charge is 0.349 e. The van der Waals surface area contributed by atoms with Crippen LogP contribution in [0.3, 0.4) is 0 Å². The summed E-state index contributed by atoms with van der Waals surface area (Å²) in [5.41, 5.74) is 10.6. The number of hydrogen-bond acceptors (Lipinski definition) is 3. The number of fused-ring (bicyclic) bond motifs is 2. The molecule has 190 valence electrons. The SMILES string of the molecule is NCc1ccc2c(c1)CCCC2NC(=O)CC(c1ccccc1)N(c1ccc2ccccc2c1)S(=O)O. The molecular formula is C30H31N3O3S. The Balaban J connectivity index is 1.44. The number of hydrogen-bond donors (Lipinski definition) is 3. The van der Waals surface area contributed by atoms with Crippen LogP contribution in [0.25, 0.3) is 10.8 Å². The highest BCUT2D eigenvalue weighted by atomic mass is 32.2. The third-order valence-corrected chi connectivity index (χ3v) is 7.90. The molecule has 0 heterocycles. The molecule has 0 aliphatic heterocycles. The second-order valence-electron chi connectivity index (χ2n) is 9.47. The molecule has 0 spiro atoms. The molecule has 0 bridgehead atoms. The van der Waals surface area contributed by atoms with Crippen molar-refractivity contribution in [3.8, 4) is 0 Å². The van der Waals surface area contributed by atoms with E-state index in [0.717, 1.165) is 46.7 Å². The second-order valence-corrected chi connectivity index (χ2v) is 10.3. The van der Waals surface area contributed by atoms with E-state index in [-0.39, 0.29) is 18.4 Å². The van der Waals surface area contributed by atoms with Gasteiger partial charge in [0.2, 0.25) is 5.91 Å². The molecule has 7 heteroatoms. The minimum atomic E-state index is -2.35. The molecule has 1 aliphatic rings. The number of nitrogens with two attached hydrogens (primary N) is 1. The van der Waals surface area contributed by atoms with Crippen LogP contribution in [0, 0.1) is 0 Å². The Kier molecular flexibility index (Phi) is 7.65. The minimum absolute atomic E-state index is 0.0376. The van der Waals surface area contributed by atoms with E-state index in [1.807, 2.05) is 78.9 Å². The zero-order valence-corrected chi connectivity index (χ0v) is 21.4. The summed E-state index contributed by atoms with van der Waals surface area (Å²) in [6.45, 7) is 0.492. The molecule has 37 heavy (non-hydrogen) atoms. The maximum Gasteiger partial charge on any atom is 0.262 e. The fraction of sp³-hybridized carbons (Fsp3) is 0.233. The van der Waals surface area contributed by atoms with E-state index in [9.17, 15) is 13.6 Å². The highest BCUT2D eigenvalue weighted by molar-refractivity contribution is 7.80. The Morgan fingerprint density at radius 1 is 1.00 bits per heavy atom. The van der Waals surface area contributed by atoms with Gasteiger partial charge in [0.1, 0.15) is 0 Å². The van der Waals surface area contributed by atoms with Crippen molar-refractivity contribution in [2.45, 2.75) is 44.3 Å². The lowest BCUT2D eigenvalue weighted by Gasteiger charge is -2.32. The van der Waals surface area contributed by atoms with E-state index in [0.29, 0.717) is 12.2 Å². The molecule has 3 unspecified atom stereocenters. The molecule has 4 N–H and O–H groups in total. The molecule has 3 atom stereocenters. The van der Waals surface area contributed by atoms with Gasteiger partial charge in [0.15, 0.2) is 0 Å². The second kappa shape index (κ2) is 11.3. The van der Waals surface area contributed by atoms with Crippen molar-refractivity contribution in [3.05, 3.63) is 113 Å². The van der Waals surface area contributed by atoms with Gasteiger partial charge in [0.25, 0.3) is 11.3 Å². The Hall–Kier alpha value is -3.52. The zero-order chi connectivity index (χ0) is 25.8. The summed E-state index contributed by atoms with van der Waals surface area (Å²) in [7, 11) is 0. The third-order valence-electron chi connectivity index (χ3n) is 7.09. The quantitative estimate of drug-likeness (QED) is 0.269. The summed E-state index contributed by atoms with van der Waals surface area (Å²) in [6.07, 6.45) is 2.85. The maximum absolute atomic E-state index is 13.5. The van der Waals surface area contributed by atoms with Crippen LogP contribution >= 0.6 is 0 Å². The van der Waals surface area contributed by atoms with Gasteiger partial charge in [-0.25, -0.2) is 4.21 Å². The van der Waals surface area contributed by atoms with Gasteiger partial charge in [0, 0.05) is 6.54 Å². The topological polar surface area (TPSA) is 95.7 Å². The van der Waals surface area contributed by atoms with Crippen LogP contribution in [0.4, 0.5) is 5.69 Å². The van der Waals surface area contributed by atoms with Gasteiger partial charge >= 0.3 is 0 Å². The molecule has 4 aromatic rings. The number of carbonyl (C=O) groups excluding carboxylic acids is 1. The van der Waals surface area contributed by atoms with Gasteiger partial charge in [0.05, 0.1) is 24.2 Å². The van der Waals surface area contributed by atoms with Crippen LogP contribution in [0.15, 0.2) is 91.0 Å². The van der Waals surface area contributed by atoms with Crippen LogP contribution in [0.2, 0.25) is 0 Å². The fourth-order valence-corrected chi connectivity index (χ4v) is 5.99. The van der Waals surface area contributed by atoms with Crippen LogP contribution in [0.1, 0.15) is 53.6 Å². The lowest BCUT2D eigenvalue weighted by Crippen LogP contribution is -2.37. The van der Waals surface area contributed by atoms with Crippen LogP contribution in [-0.2, 0) is 29.0 Å². The summed E-state index contributed by atoms with van der Waals surface area (Å²) in [4.78, 5) is 13.5. The van der Waals surface area contributed by atoms with Crippen LogP contribution in [-0.4, -0.2) is 14.7 Å². The van der Waals surface area contributed by atoms with Gasteiger partial charge in [-0.15, -0.1) is 0 Å². The van der Waals surface area contributed by atoms with E-state index >= 15 is 0 Å². The summed E-state index contributed by atoms with van der Waals surface area (Å²) in [5.74, 6) is -0.161. The standard InChI is InChI=1S/C30H31N3O3S/c31-20-21-13-16-27-25(17-21)11-6-12-28(27)32-30(34)19-29(23-8-2-1-3-9-23)33(37(35)36)26-15-14-22-7-4-5-10-24(22)18-26/h1-5,7-10,13-18,28-29H,6,11-12,19-20,31H2,(H,32,34)(H,35,36). The van der Waals surface area contributed by atoms with Crippen molar-refractivity contribution in [2.75, 3.05) is 4.31 Å². The lowest BCUT2D eigenvalue weighted by molar-refractivity contribution is -0.122. The fourth-order valence-electron chi connectivity index (χ4n) is 5.28. The van der Waals surface area contributed by atoms with Crippen molar-refractivity contribution < 1.29 is 13.6 Å². The number of amides is 1. The van der Waals surface area contributed by atoms with Gasteiger partial charge in [-0.05, 0) is 64.4 Å². The minimum Gasteiger partial charge on any atom is -0.349 e. The number of nitrogens with one attached hydrogen (secondary N) is 1. The first-order valence-electron chi connectivity index (χ1n) is 12.6. The Labute approximate surface area is 219 Å². The Morgan fingerprint density at radius 2 is 1.76 bits per heavy atom. The molecule has 0 radical (unpaired) electrons. The van der Waals surface area contributed by atoms with Crippen molar-refractivity contribution in [3.63, 3.8) is 0 Å². The number of aryl methyl sites for hydroxylation is 1. The molecule has 4 aromatic carbocycles. The van der Waals surface area contributed by atoms with E-state index in [1.54, 1.807) is 0 Å². The zero-order valence-electron chi connectivity index (χ0n) is 20.5. The third kappa shape index (κ3) is 5.59. The molecule has 0 aromatic heterocycles. The molecule has 1 aliphatic carbocycles. The number of nitrogens with zero attached hydrogens (tertiary/aromatic N) is 1. The average Bonchev–Trinajstić information content (AvgIpc) is 2.92. The van der Waals surface area contributed by atoms with E-state index < -0.39 is 17.3 Å². The van der Waals surface area contributed by atoms with Crippen molar-refractivity contribution >= 4 is 33.6 Å². The Morgan fingerprint density at radius 3 is 2.51 bits per heavy atom. The van der Waals surface area contributed by atoms with Crippen molar-refractivity contribution in [2.24, 2.45) is 5.73 Å². The van der Waals surface area contributed by atoms with Gasteiger partial charge in [-0.1, -0.05) is 78.9 Å². The molecule has 0 saturated heterocycles. The summed E-state index contributed by atoms with van der Waals surface area (Å²) >= 11 is -2.35. The van der Waals surface area contributed by atoms with Crippen molar-refractivity contribution in [1.29, 1.82) is 0 Å². The molecule has 5 rings (SSSR count). The molecule has 0 fully saturated rings. The molecule has 0 saturated carbocycles. The summed E-state index contributed by atoms with van der Waals surface area (Å²) < 4.78 is 24.6. The normalized spacial score (nSPS) is 16.5. The summed E-state index contributed by atoms with van der Waals surface area (Å²) in [6, 6.07) is 28.5. The van der Waals surface area contributed by atoms with E-state index in [2.05, 4.69) is 17.4 Å². The maximum atomic E-state index is 13.5. The van der Waals surface area contributed by atoms with Crippen LogP contribution < -0.4 is 15.4 Å². The predicted molar refractivity (Wildman–Crippen MR) is 149 cm³/mol. The molecular weight excluding hydrogens is 482 g/mol. The number of carbonyl (C=O) groups is 1. The van der Waals surface area contributed by atoms with Gasteiger partial charge < -0.3 is 11.1 Å². The number of rotatable bonds is 8. The average molecular weight is 514 g/mol. The van der Waals surface area contributed by atoms with Crippen molar-refractivity contribution in [1.82, 2.24) is 5.32 Å². The first-order valence-corrected chi connectivity index (χ1v) is 13.6. The molecule has 1 amide bonds. The highest BCUT2D eigenvalue weighted by Gasteiger charge is 2.30. The number of benzene rings is 4. The summed E-state index contributed by atoms with van der Waals surface area (Å²) in [5, 5.41) is 5.21. The highest BCUT2D eigenvalue weighted by Crippen LogP contribution is 2.35. The van der Waals surface area contributed by atoms with Gasteiger partial charge in [-0.2, -0.15) is 0 Å². The first kappa shape index (κ1) is 25.1. The van der Waals surface area contributed by atoms with E-state index in [4.69, 9.17) is 5.73 Å². The monoisotopic (exact) mass is 513 g/mol. The van der Waals surface area contributed by atoms with E-state index in [1.165, 1.54) is 9.87 Å². The first-order chi connectivity index (χ1) is 18.0. The predicted octanol–water partition coefficient (Wildman–Crippen LogP) is 5.57.